The predicted octanol–water partition coefficient (Wildman–Crippen LogP) is 7.33. The third-order valence-electron chi connectivity index (χ3n) is 11.7. The van der Waals surface area contributed by atoms with Crippen molar-refractivity contribution >= 4 is 90.2 Å². The summed E-state index contributed by atoms with van der Waals surface area (Å²) in [5.41, 5.74) is 8.11. The monoisotopic (exact) mass is 972 g/mol. The Morgan fingerprint density at radius 2 is 0.917 bits per heavy atom. The van der Waals surface area contributed by atoms with Crippen LogP contribution in [-0.4, -0.2) is 124 Å². The van der Waals surface area contributed by atoms with Crippen LogP contribution in [0.15, 0.2) is 63.5 Å². The fourth-order valence-electron chi connectivity index (χ4n) is 7.54. The zero-order valence-electron chi connectivity index (χ0n) is 37.2. The summed E-state index contributed by atoms with van der Waals surface area (Å²) in [5, 5.41) is 3.00. The van der Waals surface area contributed by atoms with Crippen molar-refractivity contribution in [1.29, 1.82) is 0 Å². The average Bonchev–Trinajstić information content (AvgIpc) is 3.41. The summed E-state index contributed by atoms with van der Waals surface area (Å²) < 4.78 is 14.6. The quantitative estimate of drug-likeness (QED) is 0.213. The Kier molecular flexibility index (Phi) is 18.4. The number of piperazine rings is 3. The minimum atomic E-state index is -0.361. The Balaban J connectivity index is 0.000000198. The van der Waals surface area contributed by atoms with Gasteiger partial charge in [0.2, 0.25) is 17.1 Å². The van der Waals surface area contributed by atoms with Gasteiger partial charge in [0, 0.05) is 125 Å². The van der Waals surface area contributed by atoms with Gasteiger partial charge < -0.3 is 39.1 Å². The molecule has 0 atom stereocenters. The molecule has 0 unspecified atom stereocenters. The molecule has 0 aliphatic carbocycles. The first-order chi connectivity index (χ1) is 28.2. The standard InChI is InChI=1S/C19H29BN2O3.C13H17BrN2O.C11H15BrN2.C2H3ClO/c1-14-13-16(20-24-18(3,4)19(5,6)25-20)7-8-17(14)22-11-9-21(10-12-22)15(2)23;1-10-9-12(14)3-4-13(10)16-7-5-15(6-8-16)11(2)17;1-9-8-10(12)2-3-11(9)14-6-4-13-5-7-14;1-2(3)4/h7-8,13H,9-12H2,1-6H3;3-4,9H,5-8H2,1-2H3;2-3,8,13H,4-7H2,1H3;1H3. The number of benzene rings is 3. The third-order valence-corrected chi connectivity index (χ3v) is 12.6. The Bertz CT molecular complexity index is 1910. The summed E-state index contributed by atoms with van der Waals surface area (Å²) in [4.78, 5) is 42.9. The van der Waals surface area contributed by atoms with E-state index in [9.17, 15) is 14.4 Å². The molecule has 60 heavy (non-hydrogen) atoms. The lowest BCUT2D eigenvalue weighted by Crippen LogP contribution is -2.48. The summed E-state index contributed by atoms with van der Waals surface area (Å²) in [6.45, 7) is 30.5. The lowest BCUT2D eigenvalue weighted by atomic mass is 9.78. The van der Waals surface area contributed by atoms with Gasteiger partial charge in [-0.15, -0.1) is 0 Å². The Morgan fingerprint density at radius 3 is 1.25 bits per heavy atom. The topological polar surface area (TPSA) is 97.9 Å². The van der Waals surface area contributed by atoms with Crippen LogP contribution in [0.2, 0.25) is 0 Å². The maximum Gasteiger partial charge on any atom is 0.494 e. The Labute approximate surface area is 380 Å². The number of nitrogens with zero attached hydrogens (tertiary/aromatic N) is 5. The first-order valence-electron chi connectivity index (χ1n) is 20.8. The van der Waals surface area contributed by atoms with Crippen molar-refractivity contribution in [2.45, 2.75) is 80.4 Å². The summed E-state index contributed by atoms with van der Waals surface area (Å²) in [7, 11) is -0.327. The number of halogens is 3. The van der Waals surface area contributed by atoms with Crippen LogP contribution in [-0.2, 0) is 23.7 Å². The van der Waals surface area contributed by atoms with Crippen LogP contribution in [0.5, 0.6) is 0 Å². The molecule has 3 aromatic rings. The number of hydrogen-bond acceptors (Lipinski definition) is 9. The molecule has 0 spiro atoms. The highest BCUT2D eigenvalue weighted by Gasteiger charge is 2.51. The number of rotatable bonds is 4. The summed E-state index contributed by atoms with van der Waals surface area (Å²) in [5.74, 6) is 0.338. The summed E-state index contributed by atoms with van der Waals surface area (Å²) in [6, 6.07) is 19.2. The second-order valence-electron chi connectivity index (χ2n) is 16.7. The number of carbonyl (C=O) groups excluding carboxylic acids is 3. The number of anilines is 3. The first kappa shape index (κ1) is 49.5. The van der Waals surface area contributed by atoms with Crippen LogP contribution in [0.25, 0.3) is 0 Å². The van der Waals surface area contributed by atoms with E-state index < -0.39 is 0 Å². The SMILES string of the molecule is CC(=O)Cl.CC(=O)N1CCN(c2ccc(B3OC(C)(C)C(C)(C)O3)cc2C)CC1.CC(=O)N1CCN(c2ccc(Br)cc2C)CC1.Cc1cc(Br)ccc1N1CCNCC1. The van der Waals surface area contributed by atoms with E-state index in [1.54, 1.807) is 13.8 Å². The van der Waals surface area contributed by atoms with Gasteiger partial charge >= 0.3 is 7.12 Å². The van der Waals surface area contributed by atoms with Gasteiger partial charge in [0.15, 0.2) is 0 Å². The smallest absolute Gasteiger partial charge is 0.399 e. The van der Waals surface area contributed by atoms with Gasteiger partial charge in [0.1, 0.15) is 0 Å². The zero-order chi connectivity index (χ0) is 44.4. The molecule has 0 radical (unpaired) electrons. The number of amides is 2. The van der Waals surface area contributed by atoms with Gasteiger partial charge in [-0.1, -0.05) is 44.0 Å². The minimum Gasteiger partial charge on any atom is -0.399 e. The predicted molar refractivity (Wildman–Crippen MR) is 255 cm³/mol. The lowest BCUT2D eigenvalue weighted by molar-refractivity contribution is -0.129. The van der Waals surface area contributed by atoms with Gasteiger partial charge in [-0.2, -0.15) is 0 Å². The average molecular weight is 975 g/mol. The number of aryl methyl sites for hydroxylation is 3. The summed E-state index contributed by atoms with van der Waals surface area (Å²) >= 11 is 11.6. The first-order valence-corrected chi connectivity index (χ1v) is 22.8. The van der Waals surface area contributed by atoms with E-state index in [4.69, 9.17) is 9.31 Å². The highest BCUT2D eigenvalue weighted by Crippen LogP contribution is 2.37. The lowest BCUT2D eigenvalue weighted by Gasteiger charge is -2.36. The Hall–Kier alpha value is -3.14. The third kappa shape index (κ3) is 13.9. The molecule has 328 valence electrons. The number of hydrogen-bond donors (Lipinski definition) is 1. The summed E-state index contributed by atoms with van der Waals surface area (Å²) in [6.07, 6.45) is 0. The maximum absolute atomic E-state index is 11.5. The van der Waals surface area contributed by atoms with E-state index in [1.165, 1.54) is 40.7 Å². The van der Waals surface area contributed by atoms with Crippen molar-refractivity contribution in [1.82, 2.24) is 15.1 Å². The molecule has 3 aromatic carbocycles. The van der Waals surface area contributed by atoms with E-state index in [0.29, 0.717) is 0 Å². The zero-order valence-corrected chi connectivity index (χ0v) is 41.1. The van der Waals surface area contributed by atoms with Crippen molar-refractivity contribution < 1.29 is 23.7 Å². The van der Waals surface area contributed by atoms with Crippen molar-refractivity contribution in [2.24, 2.45) is 0 Å². The van der Waals surface area contributed by atoms with Crippen molar-refractivity contribution in [3.8, 4) is 0 Å². The maximum atomic E-state index is 11.5. The minimum absolute atomic E-state index is 0.160. The fraction of sp³-hybridized carbons (Fsp3) is 0.533. The molecule has 2 amide bonds. The second kappa shape index (κ2) is 22.3. The van der Waals surface area contributed by atoms with Crippen LogP contribution < -0.4 is 25.5 Å². The molecule has 4 fully saturated rings. The van der Waals surface area contributed by atoms with Gasteiger partial charge in [-0.25, -0.2) is 0 Å². The van der Waals surface area contributed by atoms with Crippen molar-refractivity contribution in [2.75, 3.05) is 93.2 Å². The fourth-order valence-corrected chi connectivity index (χ4v) is 8.49. The molecule has 4 aliphatic heterocycles. The van der Waals surface area contributed by atoms with Gasteiger partial charge in [0.05, 0.1) is 11.2 Å². The molecule has 15 heteroatoms. The van der Waals surface area contributed by atoms with E-state index in [2.05, 4.69) is 167 Å². The van der Waals surface area contributed by atoms with Crippen LogP contribution in [0.3, 0.4) is 0 Å². The van der Waals surface area contributed by atoms with Gasteiger partial charge in [-0.05, 0) is 125 Å². The molecule has 0 bridgehead atoms. The molecule has 1 N–H and O–H groups in total. The largest absolute Gasteiger partial charge is 0.494 e. The highest BCUT2D eigenvalue weighted by molar-refractivity contribution is 9.10. The van der Waals surface area contributed by atoms with Crippen LogP contribution >= 0.6 is 43.5 Å². The van der Waals surface area contributed by atoms with Crippen LogP contribution in [0.1, 0.15) is 65.2 Å². The molecule has 4 aliphatic rings. The van der Waals surface area contributed by atoms with E-state index in [0.717, 1.165) is 92.9 Å². The van der Waals surface area contributed by atoms with Crippen LogP contribution in [0, 0.1) is 20.8 Å². The van der Waals surface area contributed by atoms with Crippen molar-refractivity contribution in [3.63, 3.8) is 0 Å². The van der Waals surface area contributed by atoms with Gasteiger partial charge in [-0.3, -0.25) is 14.4 Å². The molecule has 11 nitrogen and oxygen atoms in total. The molecule has 7 rings (SSSR count). The van der Waals surface area contributed by atoms with Gasteiger partial charge in [0.25, 0.3) is 0 Å². The van der Waals surface area contributed by atoms with Crippen molar-refractivity contribution in [3.05, 3.63) is 80.2 Å². The molecular weight excluding hydrogens is 911 g/mol. The molecule has 4 saturated heterocycles. The second-order valence-corrected chi connectivity index (χ2v) is 19.1. The van der Waals surface area contributed by atoms with E-state index in [1.807, 2.05) is 9.80 Å². The molecular formula is C45H64BBr2ClN6O5. The Morgan fingerprint density at radius 1 is 0.583 bits per heavy atom. The molecule has 0 saturated carbocycles. The highest BCUT2D eigenvalue weighted by atomic mass is 79.9. The molecule has 4 heterocycles. The number of carbonyl (C=O) groups is 3. The number of nitrogens with one attached hydrogen (secondary N) is 1. The van der Waals surface area contributed by atoms with E-state index in [-0.39, 0.29) is 35.4 Å². The van der Waals surface area contributed by atoms with Crippen LogP contribution in [0.4, 0.5) is 17.1 Å². The molecule has 0 aromatic heterocycles. The van der Waals surface area contributed by atoms with E-state index >= 15 is 0 Å². The normalized spacial score (nSPS) is 18.4.